The molecule has 2 unspecified atom stereocenters. The van der Waals surface area contributed by atoms with Crippen molar-refractivity contribution in [3.05, 3.63) is 65.3 Å². The van der Waals surface area contributed by atoms with Crippen LogP contribution in [0.2, 0.25) is 0 Å². The Morgan fingerprint density at radius 2 is 1.96 bits per heavy atom. The van der Waals surface area contributed by atoms with Gasteiger partial charge >= 0.3 is 5.97 Å². The second-order valence-electron chi connectivity index (χ2n) is 5.93. The maximum absolute atomic E-state index is 12.4. The van der Waals surface area contributed by atoms with E-state index in [2.05, 4.69) is 13.2 Å². The van der Waals surface area contributed by atoms with Gasteiger partial charge in [-0.3, -0.25) is 15.0 Å². The number of benzene rings is 1. The Labute approximate surface area is 151 Å². The first kappa shape index (κ1) is 19.8. The molecule has 8 nitrogen and oxygen atoms in total. The van der Waals surface area contributed by atoms with Crippen molar-refractivity contribution >= 4 is 21.5 Å². The highest BCUT2D eigenvalue weighted by Gasteiger charge is 2.43. The van der Waals surface area contributed by atoms with Crippen LogP contribution < -0.4 is 0 Å². The SMILES string of the molecule is C=CCN(CC=C)C1CS(=O)(=O)CC1OC(=O)c1cccc([N+](=O)[O-])c1. The Bertz CT molecular complexity index is 810. The standard InChI is InChI=1S/C17H20N2O6S/c1-3-8-18(9-4-2)15-11-26(23,24)12-16(15)25-17(20)13-6-5-7-14(10-13)19(21)22/h3-7,10,15-16H,1-2,8-9,11-12H2. The van der Waals surface area contributed by atoms with Gasteiger partial charge in [0, 0.05) is 25.2 Å². The van der Waals surface area contributed by atoms with Crippen LogP contribution in [0.15, 0.2) is 49.6 Å². The molecule has 1 saturated heterocycles. The molecule has 0 N–H and O–H groups in total. The number of nitrogens with zero attached hydrogens (tertiary/aromatic N) is 2. The van der Waals surface area contributed by atoms with Gasteiger partial charge in [0.15, 0.2) is 9.84 Å². The van der Waals surface area contributed by atoms with Gasteiger partial charge in [-0.1, -0.05) is 18.2 Å². The number of hydrogen-bond acceptors (Lipinski definition) is 7. The molecule has 0 aromatic heterocycles. The Balaban J connectivity index is 2.22. The third kappa shape index (κ3) is 4.77. The number of carbonyl (C=O) groups excluding carboxylic acids is 1. The molecule has 0 radical (unpaired) electrons. The van der Waals surface area contributed by atoms with Crippen molar-refractivity contribution < 1.29 is 22.9 Å². The van der Waals surface area contributed by atoms with Gasteiger partial charge in [0.25, 0.3) is 5.69 Å². The van der Waals surface area contributed by atoms with Crippen molar-refractivity contribution in [3.8, 4) is 0 Å². The van der Waals surface area contributed by atoms with Gasteiger partial charge in [-0.25, -0.2) is 13.2 Å². The minimum atomic E-state index is -3.37. The lowest BCUT2D eigenvalue weighted by atomic mass is 10.1. The van der Waals surface area contributed by atoms with Gasteiger partial charge in [0.2, 0.25) is 0 Å². The highest BCUT2D eigenvalue weighted by atomic mass is 32.2. The summed E-state index contributed by atoms with van der Waals surface area (Å²) in [5.41, 5.74) is -0.240. The number of hydrogen-bond donors (Lipinski definition) is 0. The van der Waals surface area contributed by atoms with Crippen LogP contribution in [0, 0.1) is 10.1 Å². The van der Waals surface area contributed by atoms with E-state index in [0.29, 0.717) is 13.1 Å². The number of nitro benzene ring substituents is 1. The smallest absolute Gasteiger partial charge is 0.338 e. The van der Waals surface area contributed by atoms with E-state index in [9.17, 15) is 23.3 Å². The fourth-order valence-corrected chi connectivity index (χ4v) is 4.75. The quantitative estimate of drug-likeness (QED) is 0.292. The van der Waals surface area contributed by atoms with Crippen LogP contribution in [0.4, 0.5) is 5.69 Å². The van der Waals surface area contributed by atoms with Crippen LogP contribution in [-0.2, 0) is 14.6 Å². The van der Waals surface area contributed by atoms with E-state index in [1.165, 1.54) is 18.2 Å². The molecule has 0 spiro atoms. The van der Waals surface area contributed by atoms with Crippen molar-refractivity contribution in [1.82, 2.24) is 4.90 Å². The zero-order valence-corrected chi connectivity index (χ0v) is 14.9. The topological polar surface area (TPSA) is 107 Å². The largest absolute Gasteiger partial charge is 0.456 e. The summed E-state index contributed by atoms with van der Waals surface area (Å²) in [5, 5.41) is 10.8. The number of sulfone groups is 1. The predicted molar refractivity (Wildman–Crippen MR) is 96.7 cm³/mol. The third-order valence-corrected chi connectivity index (χ3v) is 5.71. The normalized spacial score (nSPS) is 21.3. The van der Waals surface area contributed by atoms with Gasteiger partial charge < -0.3 is 4.74 Å². The van der Waals surface area contributed by atoms with Crippen molar-refractivity contribution in [1.29, 1.82) is 0 Å². The van der Waals surface area contributed by atoms with E-state index < -0.39 is 32.9 Å². The third-order valence-electron chi connectivity index (χ3n) is 4.02. The van der Waals surface area contributed by atoms with Gasteiger partial charge in [-0.2, -0.15) is 0 Å². The number of ether oxygens (including phenoxy) is 1. The summed E-state index contributed by atoms with van der Waals surface area (Å²) in [6, 6.07) is 4.60. The summed E-state index contributed by atoms with van der Waals surface area (Å²) in [4.78, 5) is 24.4. The predicted octanol–water partition coefficient (Wildman–Crippen LogP) is 1.59. The van der Waals surface area contributed by atoms with E-state index in [1.54, 1.807) is 12.2 Å². The van der Waals surface area contributed by atoms with E-state index in [0.717, 1.165) is 6.07 Å². The Morgan fingerprint density at radius 3 is 2.54 bits per heavy atom. The highest BCUT2D eigenvalue weighted by Crippen LogP contribution is 2.23. The van der Waals surface area contributed by atoms with Crippen LogP contribution in [0.25, 0.3) is 0 Å². The molecule has 2 rings (SSSR count). The molecular formula is C17H20N2O6S. The highest BCUT2D eigenvalue weighted by molar-refractivity contribution is 7.91. The minimum Gasteiger partial charge on any atom is -0.456 e. The molecule has 1 aliphatic rings. The summed E-state index contributed by atoms with van der Waals surface area (Å²) in [7, 11) is -3.37. The zero-order chi connectivity index (χ0) is 19.3. The summed E-state index contributed by atoms with van der Waals surface area (Å²) >= 11 is 0. The summed E-state index contributed by atoms with van der Waals surface area (Å²) in [5.74, 6) is -1.22. The molecule has 2 atom stereocenters. The molecule has 9 heteroatoms. The monoisotopic (exact) mass is 380 g/mol. The molecule has 0 saturated carbocycles. The van der Waals surface area contributed by atoms with E-state index in [1.807, 2.05) is 4.90 Å². The maximum atomic E-state index is 12.4. The van der Waals surface area contributed by atoms with Crippen LogP contribution in [0.1, 0.15) is 10.4 Å². The van der Waals surface area contributed by atoms with Crippen molar-refractivity contribution in [3.63, 3.8) is 0 Å². The zero-order valence-electron chi connectivity index (χ0n) is 14.1. The fourth-order valence-electron chi connectivity index (χ4n) is 2.88. The number of rotatable bonds is 8. The van der Waals surface area contributed by atoms with Gasteiger partial charge in [0.1, 0.15) is 6.10 Å². The Kier molecular flexibility index (Phi) is 6.27. The molecule has 1 fully saturated rings. The lowest BCUT2D eigenvalue weighted by molar-refractivity contribution is -0.384. The number of non-ortho nitro benzene ring substituents is 1. The Morgan fingerprint density at radius 1 is 1.31 bits per heavy atom. The molecule has 1 heterocycles. The van der Waals surface area contributed by atoms with Gasteiger partial charge in [-0.05, 0) is 6.07 Å². The molecule has 140 valence electrons. The molecule has 0 aliphatic carbocycles. The average Bonchev–Trinajstić information content (AvgIpc) is 2.89. The fraction of sp³-hybridized carbons (Fsp3) is 0.353. The molecule has 0 bridgehead atoms. The molecule has 1 aromatic carbocycles. The van der Waals surface area contributed by atoms with E-state index >= 15 is 0 Å². The van der Waals surface area contributed by atoms with Crippen molar-refractivity contribution in [2.24, 2.45) is 0 Å². The van der Waals surface area contributed by atoms with Gasteiger partial charge in [0.05, 0.1) is 28.0 Å². The lowest BCUT2D eigenvalue weighted by Gasteiger charge is -2.29. The van der Waals surface area contributed by atoms with Gasteiger partial charge in [-0.15, -0.1) is 13.2 Å². The molecule has 26 heavy (non-hydrogen) atoms. The second-order valence-corrected chi connectivity index (χ2v) is 8.08. The number of nitro groups is 1. The summed E-state index contributed by atoms with van der Waals surface area (Å²) in [6.45, 7) is 8.13. The van der Waals surface area contributed by atoms with Crippen molar-refractivity contribution in [2.45, 2.75) is 12.1 Å². The first-order valence-corrected chi connectivity index (χ1v) is 9.71. The molecular weight excluding hydrogens is 360 g/mol. The lowest BCUT2D eigenvalue weighted by Crippen LogP contribution is -2.45. The Hall–Kier alpha value is -2.52. The van der Waals surface area contributed by atoms with Crippen LogP contribution in [-0.4, -0.2) is 61.0 Å². The van der Waals surface area contributed by atoms with Crippen LogP contribution in [0.3, 0.4) is 0 Å². The van der Waals surface area contributed by atoms with E-state index in [4.69, 9.17) is 4.74 Å². The minimum absolute atomic E-state index is 0.00115. The van der Waals surface area contributed by atoms with E-state index in [-0.39, 0.29) is 22.8 Å². The first-order chi connectivity index (χ1) is 12.3. The molecule has 1 aliphatic heterocycles. The van der Waals surface area contributed by atoms with Crippen LogP contribution in [0.5, 0.6) is 0 Å². The van der Waals surface area contributed by atoms with Crippen molar-refractivity contribution in [2.75, 3.05) is 24.6 Å². The second kappa shape index (κ2) is 8.24. The average molecular weight is 380 g/mol. The molecule has 0 amide bonds. The molecule has 1 aromatic rings. The number of esters is 1. The number of carbonyl (C=O) groups is 1. The summed E-state index contributed by atoms with van der Waals surface area (Å²) in [6.07, 6.45) is 2.40. The summed E-state index contributed by atoms with van der Waals surface area (Å²) < 4.78 is 29.5. The van der Waals surface area contributed by atoms with Crippen LogP contribution >= 0.6 is 0 Å². The maximum Gasteiger partial charge on any atom is 0.338 e. The first-order valence-electron chi connectivity index (χ1n) is 7.89.